The molecule has 0 aliphatic carbocycles. The lowest BCUT2D eigenvalue weighted by Gasteiger charge is -2.25. The van der Waals surface area contributed by atoms with Crippen LogP contribution in [0.3, 0.4) is 0 Å². The van der Waals surface area contributed by atoms with Crippen LogP contribution in [0.2, 0.25) is 0 Å². The van der Waals surface area contributed by atoms with E-state index in [1.165, 1.54) is 11.1 Å². The van der Waals surface area contributed by atoms with E-state index in [-0.39, 0.29) is 11.9 Å². The second kappa shape index (κ2) is 5.72. The molecule has 4 heteroatoms. The molecule has 2 aliphatic rings. The van der Waals surface area contributed by atoms with Gasteiger partial charge in [-0.2, -0.15) is 0 Å². The van der Waals surface area contributed by atoms with Crippen LogP contribution in [0.5, 0.6) is 0 Å². The van der Waals surface area contributed by atoms with Gasteiger partial charge in [0.2, 0.25) is 0 Å². The molecule has 3 rings (SSSR count). The van der Waals surface area contributed by atoms with E-state index in [2.05, 4.69) is 16.7 Å². The van der Waals surface area contributed by atoms with Gasteiger partial charge in [0.25, 0.3) is 5.91 Å². The molecule has 1 saturated heterocycles. The van der Waals surface area contributed by atoms with Crippen LogP contribution in [0.4, 0.5) is 0 Å². The molecule has 2 N–H and O–H groups in total. The lowest BCUT2D eigenvalue weighted by Crippen LogP contribution is -2.41. The summed E-state index contributed by atoms with van der Waals surface area (Å²) in [5.41, 5.74) is 3.29. The topological polar surface area (TPSA) is 50.4 Å². The van der Waals surface area contributed by atoms with Gasteiger partial charge in [0.1, 0.15) is 0 Å². The highest BCUT2D eigenvalue weighted by Crippen LogP contribution is 2.19. The molecule has 1 aromatic carbocycles. The van der Waals surface area contributed by atoms with Crippen LogP contribution in [-0.2, 0) is 17.7 Å². The van der Waals surface area contributed by atoms with Crippen LogP contribution in [0.1, 0.15) is 34.3 Å². The highest BCUT2D eigenvalue weighted by atomic mass is 16.5. The van der Waals surface area contributed by atoms with Gasteiger partial charge in [-0.3, -0.25) is 4.79 Å². The molecular weight excluding hydrogens is 240 g/mol. The summed E-state index contributed by atoms with van der Waals surface area (Å²) in [4.78, 5) is 12.4. The molecule has 4 nitrogen and oxygen atoms in total. The second-order valence-corrected chi connectivity index (χ2v) is 5.26. The molecule has 1 unspecified atom stereocenters. The van der Waals surface area contributed by atoms with Crippen LogP contribution in [-0.4, -0.2) is 31.7 Å². The molecule has 0 radical (unpaired) electrons. The van der Waals surface area contributed by atoms with E-state index in [4.69, 9.17) is 4.74 Å². The Bertz CT molecular complexity index is 467. The maximum Gasteiger partial charge on any atom is 0.251 e. The van der Waals surface area contributed by atoms with Gasteiger partial charge in [0, 0.05) is 18.7 Å². The van der Waals surface area contributed by atoms with E-state index in [1.54, 1.807) is 0 Å². The molecule has 19 heavy (non-hydrogen) atoms. The largest absolute Gasteiger partial charge is 0.379 e. The van der Waals surface area contributed by atoms with Crippen molar-refractivity contribution in [2.24, 2.45) is 0 Å². The highest BCUT2D eigenvalue weighted by molar-refractivity contribution is 5.96. The lowest BCUT2D eigenvalue weighted by molar-refractivity contribution is 0.0623. The van der Waals surface area contributed by atoms with Crippen molar-refractivity contribution in [1.82, 2.24) is 10.6 Å². The van der Waals surface area contributed by atoms with Gasteiger partial charge in [-0.05, 0) is 43.0 Å². The van der Waals surface area contributed by atoms with Crippen LogP contribution in [0, 0.1) is 0 Å². The zero-order valence-electron chi connectivity index (χ0n) is 11.1. The molecule has 0 aromatic heterocycles. The summed E-state index contributed by atoms with van der Waals surface area (Å²) in [7, 11) is 0. The van der Waals surface area contributed by atoms with Crippen LogP contribution in [0.25, 0.3) is 0 Å². The van der Waals surface area contributed by atoms with Crippen molar-refractivity contribution in [3.63, 3.8) is 0 Å². The maximum atomic E-state index is 12.4. The number of carbonyl (C=O) groups excluding carboxylic acids is 1. The molecule has 0 bridgehead atoms. The summed E-state index contributed by atoms with van der Waals surface area (Å²) in [6.45, 7) is 3.27. The summed E-state index contributed by atoms with van der Waals surface area (Å²) >= 11 is 0. The Morgan fingerprint density at radius 1 is 1.42 bits per heavy atom. The first-order valence-corrected chi connectivity index (χ1v) is 7.04. The molecular formula is C15H20N2O2. The first kappa shape index (κ1) is 12.6. The van der Waals surface area contributed by atoms with E-state index < -0.39 is 0 Å². The number of nitrogens with one attached hydrogen (secondary N) is 2. The van der Waals surface area contributed by atoms with Crippen LogP contribution < -0.4 is 10.6 Å². The van der Waals surface area contributed by atoms with Crippen molar-refractivity contribution in [2.75, 3.05) is 19.8 Å². The van der Waals surface area contributed by atoms with E-state index in [9.17, 15) is 4.79 Å². The SMILES string of the molecule is O=C(NC1CCCOC1)c1cccc2c1CCNC2. The molecule has 1 atom stereocenters. The smallest absolute Gasteiger partial charge is 0.251 e. The van der Waals surface area contributed by atoms with Gasteiger partial charge in [-0.15, -0.1) is 0 Å². The van der Waals surface area contributed by atoms with E-state index >= 15 is 0 Å². The third kappa shape index (κ3) is 2.80. The standard InChI is InChI=1S/C15H20N2O2/c18-15(17-12-4-2-8-19-10-12)14-5-1-3-11-9-16-7-6-13(11)14/h1,3,5,12,16H,2,4,6-10H2,(H,17,18). The predicted octanol–water partition coefficient (Wildman–Crippen LogP) is 1.24. The Balaban J connectivity index is 1.75. The Morgan fingerprint density at radius 2 is 2.37 bits per heavy atom. The zero-order chi connectivity index (χ0) is 13.1. The highest BCUT2D eigenvalue weighted by Gasteiger charge is 2.21. The molecule has 0 spiro atoms. The molecule has 0 saturated carbocycles. The number of benzene rings is 1. The Labute approximate surface area is 113 Å². The van der Waals surface area contributed by atoms with Crippen molar-refractivity contribution >= 4 is 5.91 Å². The number of carbonyl (C=O) groups is 1. The van der Waals surface area contributed by atoms with E-state index in [0.29, 0.717) is 6.61 Å². The van der Waals surface area contributed by atoms with Gasteiger partial charge in [-0.1, -0.05) is 12.1 Å². The van der Waals surface area contributed by atoms with Gasteiger partial charge in [0.05, 0.1) is 12.6 Å². The molecule has 2 heterocycles. The summed E-state index contributed by atoms with van der Waals surface area (Å²) in [6, 6.07) is 6.17. The quantitative estimate of drug-likeness (QED) is 0.841. The third-order valence-electron chi connectivity index (χ3n) is 3.88. The minimum atomic E-state index is 0.0502. The Kier molecular flexibility index (Phi) is 3.80. The molecule has 1 aromatic rings. The maximum absolute atomic E-state index is 12.4. The van der Waals surface area contributed by atoms with Crippen molar-refractivity contribution in [2.45, 2.75) is 31.8 Å². The first-order chi connectivity index (χ1) is 9.34. The van der Waals surface area contributed by atoms with Crippen molar-refractivity contribution < 1.29 is 9.53 Å². The molecule has 102 valence electrons. The minimum absolute atomic E-state index is 0.0502. The van der Waals surface area contributed by atoms with Gasteiger partial charge in [-0.25, -0.2) is 0 Å². The van der Waals surface area contributed by atoms with Crippen LogP contribution in [0.15, 0.2) is 18.2 Å². The number of fused-ring (bicyclic) bond motifs is 1. The lowest BCUT2D eigenvalue weighted by atomic mass is 9.95. The predicted molar refractivity (Wildman–Crippen MR) is 73.2 cm³/mol. The molecule has 1 amide bonds. The number of amides is 1. The number of rotatable bonds is 2. The minimum Gasteiger partial charge on any atom is -0.379 e. The van der Waals surface area contributed by atoms with Gasteiger partial charge >= 0.3 is 0 Å². The van der Waals surface area contributed by atoms with E-state index in [0.717, 1.165) is 44.5 Å². The average Bonchev–Trinajstić information content (AvgIpc) is 2.47. The summed E-state index contributed by atoms with van der Waals surface area (Å²) in [5.74, 6) is 0.0502. The normalized spacial score (nSPS) is 22.6. The fourth-order valence-corrected chi connectivity index (χ4v) is 2.86. The number of hydrogen-bond donors (Lipinski definition) is 2. The monoisotopic (exact) mass is 260 g/mol. The fraction of sp³-hybridized carbons (Fsp3) is 0.533. The summed E-state index contributed by atoms with van der Waals surface area (Å²) in [5, 5.41) is 6.44. The Hall–Kier alpha value is -1.39. The van der Waals surface area contributed by atoms with Crippen molar-refractivity contribution in [3.8, 4) is 0 Å². The fourth-order valence-electron chi connectivity index (χ4n) is 2.86. The first-order valence-electron chi connectivity index (χ1n) is 7.04. The molecule has 1 fully saturated rings. The Morgan fingerprint density at radius 3 is 3.21 bits per heavy atom. The third-order valence-corrected chi connectivity index (χ3v) is 3.88. The van der Waals surface area contributed by atoms with E-state index in [1.807, 2.05) is 12.1 Å². The van der Waals surface area contributed by atoms with Gasteiger partial charge in [0.15, 0.2) is 0 Å². The average molecular weight is 260 g/mol. The van der Waals surface area contributed by atoms with Crippen LogP contribution >= 0.6 is 0 Å². The zero-order valence-corrected chi connectivity index (χ0v) is 11.1. The summed E-state index contributed by atoms with van der Waals surface area (Å²) in [6.07, 6.45) is 2.98. The number of ether oxygens (including phenoxy) is 1. The summed E-state index contributed by atoms with van der Waals surface area (Å²) < 4.78 is 5.41. The van der Waals surface area contributed by atoms with Crippen molar-refractivity contribution in [3.05, 3.63) is 34.9 Å². The number of hydrogen-bond acceptors (Lipinski definition) is 3. The molecule has 2 aliphatic heterocycles. The second-order valence-electron chi connectivity index (χ2n) is 5.26. The van der Waals surface area contributed by atoms with Gasteiger partial charge < -0.3 is 15.4 Å². The van der Waals surface area contributed by atoms with Crippen molar-refractivity contribution in [1.29, 1.82) is 0 Å².